The first-order chi connectivity index (χ1) is 17.6. The molecule has 0 bridgehead atoms. The summed E-state index contributed by atoms with van der Waals surface area (Å²) in [7, 11) is 1.63. The minimum absolute atomic E-state index is 0.0514. The number of benzene rings is 2. The lowest BCUT2D eigenvalue weighted by molar-refractivity contribution is 0.0625. The zero-order valence-corrected chi connectivity index (χ0v) is 21.1. The van der Waals surface area contributed by atoms with Crippen molar-refractivity contribution in [3.8, 4) is 11.8 Å². The molecule has 0 aliphatic carbocycles. The number of hydrogen-bond donors (Lipinski definition) is 0. The highest BCUT2D eigenvalue weighted by Gasteiger charge is 2.24. The number of unbranched alkanes of at least 4 members (excludes halogenated alkanes) is 1. The fraction of sp³-hybridized carbons (Fsp3) is 0.345. The van der Waals surface area contributed by atoms with E-state index in [0.717, 1.165) is 49.3 Å². The maximum Gasteiger partial charge on any atom is 0.254 e. The topological polar surface area (TPSA) is 74.4 Å². The highest BCUT2D eigenvalue weighted by molar-refractivity contribution is 5.98. The molecule has 2 aromatic carbocycles. The molecular weight excluding hydrogens is 450 g/mol. The molecule has 36 heavy (non-hydrogen) atoms. The van der Waals surface area contributed by atoms with Gasteiger partial charge in [0, 0.05) is 45.5 Å². The molecule has 4 rings (SSSR count). The molecule has 0 N–H and O–H groups in total. The summed E-state index contributed by atoms with van der Waals surface area (Å²) in [5.41, 5.74) is 4.55. The number of carbonyl (C=O) groups excluding carboxylic acids is 1. The quantitative estimate of drug-likeness (QED) is 0.445. The van der Waals surface area contributed by atoms with E-state index in [2.05, 4.69) is 33.5 Å². The van der Waals surface area contributed by atoms with E-state index in [-0.39, 0.29) is 5.91 Å². The summed E-state index contributed by atoms with van der Waals surface area (Å²) in [5.74, 6) is 0.746. The van der Waals surface area contributed by atoms with Crippen molar-refractivity contribution < 1.29 is 9.53 Å². The lowest BCUT2D eigenvalue weighted by atomic mass is 10.0. The van der Waals surface area contributed by atoms with Crippen LogP contribution < -0.4 is 4.74 Å². The second kappa shape index (κ2) is 12.2. The Morgan fingerprint density at radius 2 is 1.89 bits per heavy atom. The number of hydrogen-bond acceptors (Lipinski definition) is 5. The van der Waals surface area contributed by atoms with Crippen LogP contribution in [0.4, 0.5) is 0 Å². The molecule has 186 valence electrons. The van der Waals surface area contributed by atoms with Gasteiger partial charge in [0.1, 0.15) is 5.75 Å². The minimum Gasteiger partial charge on any atom is -0.497 e. The molecule has 7 heteroatoms. The van der Waals surface area contributed by atoms with Crippen LogP contribution in [0.3, 0.4) is 0 Å². The molecule has 0 spiro atoms. The van der Waals surface area contributed by atoms with Gasteiger partial charge in [-0.05, 0) is 41.8 Å². The fourth-order valence-corrected chi connectivity index (χ4v) is 4.38. The fourth-order valence-electron chi connectivity index (χ4n) is 4.38. The number of allylic oxidation sites excluding steroid dienone is 1. The second-order valence-electron chi connectivity index (χ2n) is 9.03. The molecule has 1 aromatic heterocycles. The predicted octanol–water partition coefficient (Wildman–Crippen LogP) is 4.58. The third-order valence-corrected chi connectivity index (χ3v) is 6.52. The van der Waals surface area contributed by atoms with Crippen LogP contribution in [-0.4, -0.2) is 58.5 Å². The van der Waals surface area contributed by atoms with E-state index in [0.29, 0.717) is 36.5 Å². The Bertz CT molecular complexity index is 1230. The lowest BCUT2D eigenvalue weighted by Gasteiger charge is -2.35. The third kappa shape index (κ3) is 6.21. The summed E-state index contributed by atoms with van der Waals surface area (Å²) in [4.78, 5) is 22.1. The summed E-state index contributed by atoms with van der Waals surface area (Å²) in [6, 6.07) is 15.5. The summed E-state index contributed by atoms with van der Waals surface area (Å²) < 4.78 is 7.53. The number of methoxy groups -OCH3 is 1. The summed E-state index contributed by atoms with van der Waals surface area (Å²) in [5, 5.41) is 9.01. The van der Waals surface area contributed by atoms with E-state index in [1.807, 2.05) is 66.0 Å². The number of amides is 1. The van der Waals surface area contributed by atoms with Crippen molar-refractivity contribution in [2.24, 2.45) is 0 Å². The first-order valence-corrected chi connectivity index (χ1v) is 12.5. The van der Waals surface area contributed by atoms with E-state index in [1.54, 1.807) is 7.11 Å². The highest BCUT2D eigenvalue weighted by atomic mass is 16.5. The van der Waals surface area contributed by atoms with Gasteiger partial charge in [0.25, 0.3) is 5.91 Å². The molecule has 7 nitrogen and oxygen atoms in total. The first kappa shape index (κ1) is 25.2. The van der Waals surface area contributed by atoms with Gasteiger partial charge in [-0.15, -0.1) is 0 Å². The Balaban J connectivity index is 1.37. The molecule has 0 saturated carbocycles. The molecule has 1 aliphatic rings. The van der Waals surface area contributed by atoms with Crippen LogP contribution in [-0.2, 0) is 13.1 Å². The van der Waals surface area contributed by atoms with Gasteiger partial charge in [-0.25, -0.2) is 4.98 Å². The van der Waals surface area contributed by atoms with Gasteiger partial charge in [0.15, 0.2) is 0 Å². The second-order valence-corrected chi connectivity index (χ2v) is 9.03. The van der Waals surface area contributed by atoms with Crippen molar-refractivity contribution >= 4 is 12.0 Å². The normalized spacial score (nSPS) is 14.2. The van der Waals surface area contributed by atoms with Crippen molar-refractivity contribution in [3.05, 3.63) is 89.0 Å². The Hall–Kier alpha value is -3.89. The van der Waals surface area contributed by atoms with Gasteiger partial charge >= 0.3 is 0 Å². The number of ether oxygens (including phenoxy) is 1. The Kier molecular flexibility index (Phi) is 8.53. The third-order valence-electron chi connectivity index (χ3n) is 6.52. The van der Waals surface area contributed by atoms with Crippen LogP contribution in [0, 0.1) is 11.3 Å². The van der Waals surface area contributed by atoms with Crippen LogP contribution in [0.1, 0.15) is 52.5 Å². The molecule has 0 atom stereocenters. The van der Waals surface area contributed by atoms with Gasteiger partial charge < -0.3 is 14.2 Å². The van der Waals surface area contributed by atoms with Crippen LogP contribution >= 0.6 is 0 Å². The monoisotopic (exact) mass is 483 g/mol. The van der Waals surface area contributed by atoms with E-state index in [4.69, 9.17) is 10.00 Å². The molecule has 3 aromatic rings. The van der Waals surface area contributed by atoms with Crippen LogP contribution in [0.25, 0.3) is 6.08 Å². The summed E-state index contributed by atoms with van der Waals surface area (Å²) in [6.45, 7) is 6.60. The number of piperazine rings is 1. The van der Waals surface area contributed by atoms with E-state index >= 15 is 0 Å². The maximum atomic E-state index is 13.4. The molecule has 2 heterocycles. The molecule has 0 unspecified atom stereocenters. The van der Waals surface area contributed by atoms with Gasteiger partial charge in [-0.1, -0.05) is 43.7 Å². The first-order valence-electron chi connectivity index (χ1n) is 12.5. The predicted molar refractivity (Wildman–Crippen MR) is 141 cm³/mol. The van der Waals surface area contributed by atoms with E-state index in [1.165, 1.54) is 0 Å². The average molecular weight is 484 g/mol. The van der Waals surface area contributed by atoms with E-state index < -0.39 is 0 Å². The van der Waals surface area contributed by atoms with Crippen LogP contribution in [0.15, 0.2) is 61.1 Å². The Morgan fingerprint density at radius 3 is 2.58 bits per heavy atom. The average Bonchev–Trinajstić information content (AvgIpc) is 3.35. The molecule has 0 radical (unpaired) electrons. The van der Waals surface area contributed by atoms with Gasteiger partial charge in [-0.2, -0.15) is 5.26 Å². The lowest BCUT2D eigenvalue weighted by Crippen LogP contribution is -2.48. The summed E-state index contributed by atoms with van der Waals surface area (Å²) in [6.07, 6.45) is 9.99. The number of aromatic nitrogens is 2. The zero-order chi connectivity index (χ0) is 25.3. The zero-order valence-electron chi connectivity index (χ0n) is 21.1. The van der Waals surface area contributed by atoms with Crippen LogP contribution in [0.2, 0.25) is 0 Å². The summed E-state index contributed by atoms with van der Waals surface area (Å²) >= 11 is 0. The van der Waals surface area contributed by atoms with Crippen molar-refractivity contribution in [1.82, 2.24) is 19.4 Å². The molecule has 1 saturated heterocycles. The Labute approximate surface area is 213 Å². The number of nitrogens with zero attached hydrogens (tertiary/aromatic N) is 5. The number of imidazole rings is 1. The molecular formula is C29H33N5O2. The highest BCUT2D eigenvalue weighted by Crippen LogP contribution is 2.22. The van der Waals surface area contributed by atoms with E-state index in [9.17, 15) is 4.79 Å². The largest absolute Gasteiger partial charge is 0.497 e. The van der Waals surface area contributed by atoms with Gasteiger partial charge in [0.2, 0.25) is 0 Å². The van der Waals surface area contributed by atoms with Crippen molar-refractivity contribution in [2.75, 3.05) is 33.3 Å². The molecule has 1 aliphatic heterocycles. The van der Waals surface area contributed by atoms with Crippen molar-refractivity contribution in [3.63, 3.8) is 0 Å². The van der Waals surface area contributed by atoms with Crippen molar-refractivity contribution in [2.45, 2.75) is 32.9 Å². The number of carbonyl (C=O) groups is 1. The maximum absolute atomic E-state index is 13.4. The van der Waals surface area contributed by atoms with Gasteiger partial charge in [-0.3, -0.25) is 9.69 Å². The van der Waals surface area contributed by atoms with Crippen LogP contribution in [0.5, 0.6) is 5.75 Å². The van der Waals surface area contributed by atoms with Crippen molar-refractivity contribution in [1.29, 1.82) is 5.26 Å². The van der Waals surface area contributed by atoms with Gasteiger partial charge in [0.05, 0.1) is 36.3 Å². The SMILES string of the molecule is CCC/C=C/c1ccc(OC)cc1C(=O)N1CCN(Cc2cncn2Cc2ccc(C#N)cc2)CC1. The Morgan fingerprint density at radius 1 is 1.11 bits per heavy atom. The molecule has 1 fully saturated rings. The molecule has 1 amide bonds. The minimum atomic E-state index is 0.0514. The number of rotatable bonds is 9. The standard InChI is InChI=1S/C29H33N5O2/c1-3-4-5-6-25-11-12-27(36-2)17-28(25)29(35)33-15-13-32(14-16-33)21-26-19-31-22-34(26)20-24-9-7-23(18-30)8-10-24/h5-12,17,19,22H,3-4,13-16,20-21H2,1-2H3/b6-5+. The number of nitriles is 1. The smallest absolute Gasteiger partial charge is 0.254 e.